The Hall–Kier alpha value is -0.260. The topological polar surface area (TPSA) is 0 Å². The predicted molar refractivity (Wildman–Crippen MR) is 131 cm³/mol. The van der Waals surface area contributed by atoms with Gasteiger partial charge in [-0.3, -0.25) is 0 Å². The molecule has 0 amide bonds. The Morgan fingerprint density at radius 2 is 1.57 bits per heavy atom. The fraction of sp³-hybridized carbons (Fsp3) is 0.933. The van der Waals surface area contributed by atoms with Gasteiger partial charge in [0.15, 0.2) is 0 Å². The van der Waals surface area contributed by atoms with Gasteiger partial charge in [-0.2, -0.15) is 0 Å². The SMILES string of the molecule is C=C1C[C@H]2[C@@H]3CC[C@H]([C@H](C)CCCC(C)C)[C@@]3(C)CC[C@@H]2[C@@]2(C)CCCC(C)(C)C12. The minimum absolute atomic E-state index is 0.457. The van der Waals surface area contributed by atoms with Crippen molar-refractivity contribution in [1.29, 1.82) is 0 Å². The average molecular weight is 413 g/mol. The standard InChI is InChI=1S/C30H52/c1-20(2)11-9-12-21(3)24-13-14-25-23-19-22(4)27-28(5,6)16-10-17-30(27,8)26(23)15-18-29(24,25)7/h20-21,23-27H,4,9-19H2,1-3,5-8H3/t21-,23+,24-,25+,26+,27?,29-,30-/m1/s1. The molecule has 0 nitrogen and oxygen atoms in total. The third kappa shape index (κ3) is 3.55. The van der Waals surface area contributed by atoms with Crippen LogP contribution in [0.4, 0.5) is 0 Å². The molecule has 4 fully saturated rings. The Labute approximate surface area is 189 Å². The van der Waals surface area contributed by atoms with Crippen LogP contribution in [0.1, 0.15) is 119 Å². The van der Waals surface area contributed by atoms with E-state index in [4.69, 9.17) is 6.58 Å². The maximum Gasteiger partial charge on any atom is -0.00977 e. The van der Waals surface area contributed by atoms with Crippen molar-refractivity contribution < 1.29 is 0 Å². The van der Waals surface area contributed by atoms with Crippen molar-refractivity contribution in [2.45, 2.75) is 119 Å². The first-order valence-corrected chi connectivity index (χ1v) is 13.7. The van der Waals surface area contributed by atoms with Crippen molar-refractivity contribution in [3.05, 3.63) is 12.2 Å². The molecule has 0 radical (unpaired) electrons. The van der Waals surface area contributed by atoms with Crippen molar-refractivity contribution in [3.8, 4) is 0 Å². The third-order valence-corrected chi connectivity index (χ3v) is 11.4. The second-order valence-corrected chi connectivity index (χ2v) is 14.1. The molecular weight excluding hydrogens is 360 g/mol. The second-order valence-electron chi connectivity index (χ2n) is 14.1. The summed E-state index contributed by atoms with van der Waals surface area (Å²) in [6.45, 7) is 22.7. The summed E-state index contributed by atoms with van der Waals surface area (Å²) in [5, 5.41) is 0. The molecule has 172 valence electrons. The smallest absolute Gasteiger partial charge is 0.00977 e. The Morgan fingerprint density at radius 3 is 2.27 bits per heavy atom. The van der Waals surface area contributed by atoms with E-state index in [0.717, 1.165) is 41.4 Å². The minimum Gasteiger partial charge on any atom is -0.0995 e. The van der Waals surface area contributed by atoms with Crippen molar-refractivity contribution >= 4 is 0 Å². The van der Waals surface area contributed by atoms with Gasteiger partial charge in [0.25, 0.3) is 0 Å². The zero-order valence-corrected chi connectivity index (χ0v) is 21.5. The quantitative estimate of drug-likeness (QED) is 0.394. The average Bonchev–Trinajstić information content (AvgIpc) is 2.97. The highest BCUT2D eigenvalue weighted by Crippen LogP contribution is 2.71. The molecule has 0 bridgehead atoms. The van der Waals surface area contributed by atoms with Crippen molar-refractivity contribution in [2.75, 3.05) is 0 Å². The fourth-order valence-electron chi connectivity index (χ4n) is 10.4. The summed E-state index contributed by atoms with van der Waals surface area (Å²) >= 11 is 0. The molecule has 1 unspecified atom stereocenters. The molecule has 0 spiro atoms. The fourth-order valence-corrected chi connectivity index (χ4v) is 10.4. The van der Waals surface area contributed by atoms with Gasteiger partial charge in [-0.25, -0.2) is 0 Å². The highest BCUT2D eigenvalue weighted by atomic mass is 14.7. The van der Waals surface area contributed by atoms with E-state index in [1.54, 1.807) is 5.57 Å². The normalized spacial score (nSPS) is 46.3. The molecule has 0 heterocycles. The number of allylic oxidation sites excluding steroid dienone is 1. The zero-order chi connectivity index (χ0) is 21.9. The lowest BCUT2D eigenvalue weighted by Gasteiger charge is -2.64. The molecule has 4 aliphatic rings. The molecule has 4 saturated carbocycles. The van der Waals surface area contributed by atoms with Gasteiger partial charge in [-0.05, 0) is 103 Å². The van der Waals surface area contributed by atoms with Crippen LogP contribution in [-0.2, 0) is 0 Å². The number of fused-ring (bicyclic) bond motifs is 5. The molecule has 0 heteroatoms. The summed E-state index contributed by atoms with van der Waals surface area (Å²) in [7, 11) is 0. The van der Waals surface area contributed by atoms with Crippen LogP contribution in [0, 0.1) is 57.7 Å². The van der Waals surface area contributed by atoms with Gasteiger partial charge >= 0.3 is 0 Å². The zero-order valence-electron chi connectivity index (χ0n) is 21.5. The third-order valence-electron chi connectivity index (χ3n) is 11.4. The van der Waals surface area contributed by atoms with E-state index >= 15 is 0 Å². The van der Waals surface area contributed by atoms with Gasteiger partial charge in [0.05, 0.1) is 0 Å². The highest BCUT2D eigenvalue weighted by Gasteiger charge is 2.62. The maximum absolute atomic E-state index is 4.78. The van der Waals surface area contributed by atoms with Crippen molar-refractivity contribution in [3.63, 3.8) is 0 Å². The molecule has 4 aliphatic carbocycles. The molecule has 4 rings (SSSR count). The first-order chi connectivity index (χ1) is 14.0. The van der Waals surface area contributed by atoms with E-state index in [1.807, 2.05) is 0 Å². The van der Waals surface area contributed by atoms with E-state index in [1.165, 1.54) is 70.6 Å². The Kier molecular flexibility index (Phi) is 6.07. The van der Waals surface area contributed by atoms with E-state index in [2.05, 4.69) is 48.5 Å². The van der Waals surface area contributed by atoms with Gasteiger partial charge in [-0.15, -0.1) is 0 Å². The van der Waals surface area contributed by atoms with Gasteiger partial charge in [0.1, 0.15) is 0 Å². The molecule has 30 heavy (non-hydrogen) atoms. The Balaban J connectivity index is 1.54. The van der Waals surface area contributed by atoms with Crippen molar-refractivity contribution in [2.24, 2.45) is 57.7 Å². The Morgan fingerprint density at radius 1 is 0.867 bits per heavy atom. The van der Waals surface area contributed by atoms with Gasteiger partial charge in [0.2, 0.25) is 0 Å². The van der Waals surface area contributed by atoms with Gasteiger partial charge < -0.3 is 0 Å². The van der Waals surface area contributed by atoms with Crippen molar-refractivity contribution in [1.82, 2.24) is 0 Å². The van der Waals surface area contributed by atoms with E-state index < -0.39 is 0 Å². The summed E-state index contributed by atoms with van der Waals surface area (Å²) in [5.41, 5.74) is 3.22. The van der Waals surface area contributed by atoms with Crippen LogP contribution in [-0.4, -0.2) is 0 Å². The molecule has 0 aromatic rings. The number of hydrogen-bond donors (Lipinski definition) is 0. The lowest BCUT2D eigenvalue weighted by atomic mass is 9.40. The first-order valence-electron chi connectivity index (χ1n) is 13.7. The monoisotopic (exact) mass is 412 g/mol. The van der Waals surface area contributed by atoms with E-state index in [-0.39, 0.29) is 0 Å². The predicted octanol–water partition coefficient (Wildman–Crippen LogP) is 9.30. The number of hydrogen-bond acceptors (Lipinski definition) is 0. The molecule has 8 atom stereocenters. The lowest BCUT2D eigenvalue weighted by molar-refractivity contribution is -0.123. The van der Waals surface area contributed by atoms with Crippen LogP contribution in [0.5, 0.6) is 0 Å². The van der Waals surface area contributed by atoms with E-state index in [0.29, 0.717) is 16.2 Å². The molecule has 0 aliphatic heterocycles. The molecular formula is C30H52. The van der Waals surface area contributed by atoms with Gasteiger partial charge in [-0.1, -0.05) is 86.3 Å². The first kappa shape index (κ1) is 22.9. The van der Waals surface area contributed by atoms with Crippen LogP contribution in [0.3, 0.4) is 0 Å². The summed E-state index contributed by atoms with van der Waals surface area (Å²) in [6.07, 6.45) is 16.0. The summed E-state index contributed by atoms with van der Waals surface area (Å²) < 4.78 is 0. The van der Waals surface area contributed by atoms with Gasteiger partial charge in [0, 0.05) is 0 Å². The minimum atomic E-state index is 0.457. The summed E-state index contributed by atoms with van der Waals surface area (Å²) in [4.78, 5) is 0. The van der Waals surface area contributed by atoms with Crippen LogP contribution >= 0.6 is 0 Å². The number of rotatable bonds is 5. The second kappa shape index (κ2) is 7.95. The molecule has 0 N–H and O–H groups in total. The van der Waals surface area contributed by atoms with Crippen LogP contribution in [0.15, 0.2) is 12.2 Å². The maximum atomic E-state index is 4.78. The molecule has 0 aromatic carbocycles. The largest absolute Gasteiger partial charge is 0.0995 e. The van der Waals surface area contributed by atoms with E-state index in [9.17, 15) is 0 Å². The Bertz CT molecular complexity index is 640. The summed E-state index contributed by atoms with van der Waals surface area (Å²) in [6, 6.07) is 0. The molecule has 0 aromatic heterocycles. The molecule has 0 saturated heterocycles. The van der Waals surface area contributed by atoms with Crippen LogP contribution in [0.25, 0.3) is 0 Å². The van der Waals surface area contributed by atoms with Crippen LogP contribution in [0.2, 0.25) is 0 Å². The lowest BCUT2D eigenvalue weighted by Crippen LogP contribution is -2.57. The summed E-state index contributed by atoms with van der Waals surface area (Å²) in [5.74, 6) is 6.36. The van der Waals surface area contributed by atoms with Crippen LogP contribution < -0.4 is 0 Å². The highest BCUT2D eigenvalue weighted by molar-refractivity contribution is 5.22.